The fourth-order valence-electron chi connectivity index (χ4n) is 6.72. The highest BCUT2D eigenvalue weighted by Gasteiger charge is 2.34. The molecule has 1 heterocycles. The van der Waals surface area contributed by atoms with Crippen molar-refractivity contribution in [2.24, 2.45) is 0 Å². The van der Waals surface area contributed by atoms with E-state index < -0.39 is 30.3 Å². The number of benzene rings is 4. The second kappa shape index (κ2) is 20.0. The van der Waals surface area contributed by atoms with Gasteiger partial charge in [0.05, 0.1) is 18.1 Å². The fraction of sp³-hybridized carbons (Fsp3) is 0.378. The highest BCUT2D eigenvalue weighted by molar-refractivity contribution is 5.90. The van der Waals surface area contributed by atoms with Gasteiger partial charge in [0.15, 0.2) is 6.29 Å². The van der Waals surface area contributed by atoms with Gasteiger partial charge in [0, 0.05) is 51.4 Å². The maximum atomic E-state index is 15.0. The topological polar surface area (TPSA) is 134 Å². The van der Waals surface area contributed by atoms with Crippen LogP contribution >= 0.6 is 0 Å². The minimum atomic E-state index is -0.991. The number of hydrazine groups is 1. The molecule has 5 aromatic rings. The SMILES string of the molecule is CCOC(OCC)C(C)N(Cc1cccc2cccnc12)C(=O)C(Cc1ccc(OC(C)(C)C)cc1)NC(=O)CN(C)NC(=O)NCc1cccc2ccccc12. The summed E-state index contributed by atoms with van der Waals surface area (Å²) in [5.41, 5.74) is 5.73. The number of urea groups is 1. The maximum Gasteiger partial charge on any atom is 0.329 e. The Balaban J connectivity index is 1.37. The van der Waals surface area contributed by atoms with Crippen molar-refractivity contribution in [1.29, 1.82) is 0 Å². The zero-order chi connectivity index (χ0) is 41.0. The first-order valence-electron chi connectivity index (χ1n) is 19.5. The van der Waals surface area contributed by atoms with Crippen LogP contribution in [0.2, 0.25) is 0 Å². The van der Waals surface area contributed by atoms with Crippen LogP contribution in [-0.4, -0.2) is 83.5 Å². The Hall–Kier alpha value is -5.56. The van der Waals surface area contributed by atoms with Crippen molar-refractivity contribution in [3.8, 4) is 5.75 Å². The van der Waals surface area contributed by atoms with Crippen molar-refractivity contribution in [2.75, 3.05) is 26.8 Å². The number of hydrogen-bond acceptors (Lipinski definition) is 8. The Bertz CT molecular complexity index is 2090. The Morgan fingerprint density at radius 3 is 2.16 bits per heavy atom. The number of pyridine rings is 1. The number of para-hydroxylation sites is 1. The third kappa shape index (κ3) is 12.2. The van der Waals surface area contributed by atoms with E-state index in [0.717, 1.165) is 38.4 Å². The highest BCUT2D eigenvalue weighted by atomic mass is 16.7. The van der Waals surface area contributed by atoms with E-state index >= 15 is 0 Å². The lowest BCUT2D eigenvalue weighted by atomic mass is 10.0. The molecule has 5 rings (SSSR count). The number of amides is 4. The summed E-state index contributed by atoms with van der Waals surface area (Å²) < 4.78 is 18.0. The second-order valence-corrected chi connectivity index (χ2v) is 14.9. The summed E-state index contributed by atoms with van der Waals surface area (Å²) in [4.78, 5) is 48.0. The summed E-state index contributed by atoms with van der Waals surface area (Å²) in [6.45, 7) is 12.6. The molecule has 0 aliphatic carbocycles. The predicted molar refractivity (Wildman–Crippen MR) is 223 cm³/mol. The van der Waals surface area contributed by atoms with Gasteiger partial charge in [-0.3, -0.25) is 20.0 Å². The van der Waals surface area contributed by atoms with Gasteiger partial charge in [-0.05, 0) is 87.2 Å². The van der Waals surface area contributed by atoms with Crippen LogP contribution in [0.3, 0.4) is 0 Å². The van der Waals surface area contributed by atoms with Crippen LogP contribution in [0.25, 0.3) is 21.7 Å². The number of ether oxygens (including phenoxy) is 3. The van der Waals surface area contributed by atoms with Gasteiger partial charge in [0.1, 0.15) is 17.4 Å². The van der Waals surface area contributed by atoms with Gasteiger partial charge in [-0.1, -0.05) is 78.9 Å². The Kier molecular flexibility index (Phi) is 15.0. The van der Waals surface area contributed by atoms with Crippen molar-refractivity contribution in [1.82, 2.24) is 31.0 Å². The number of nitrogens with zero attached hydrogens (tertiary/aromatic N) is 3. The lowest BCUT2D eigenvalue weighted by molar-refractivity contribution is -0.179. The first kappa shape index (κ1) is 42.6. The standard InChI is InChI=1S/C45H56N6O6/c1-8-55-43(56-9-2)31(3)51(29-36-19-13-17-34-20-14-26-46-41(34)36)42(53)39(27-32-22-24-37(25-23-32)57-45(4,5)6)48-40(52)30-50(7)49-44(54)47-28-35-18-12-16-33-15-10-11-21-38(33)35/h10-26,31,39,43H,8-9,27-30H2,1-7H3,(H,48,52)(H2,47,49,54). The Labute approximate surface area is 335 Å². The molecule has 2 unspecified atom stereocenters. The molecule has 0 bridgehead atoms. The number of likely N-dealkylation sites (N-methyl/N-ethyl adjacent to an activating group) is 1. The van der Waals surface area contributed by atoms with E-state index in [-0.39, 0.29) is 31.0 Å². The van der Waals surface area contributed by atoms with Crippen LogP contribution in [0.5, 0.6) is 5.75 Å². The van der Waals surface area contributed by atoms with E-state index in [2.05, 4.69) is 21.0 Å². The van der Waals surface area contributed by atoms with E-state index in [9.17, 15) is 14.4 Å². The summed E-state index contributed by atoms with van der Waals surface area (Å²) in [6.07, 6.45) is 1.20. The molecular weight excluding hydrogens is 721 g/mol. The van der Waals surface area contributed by atoms with E-state index in [1.807, 2.05) is 139 Å². The third-order valence-electron chi connectivity index (χ3n) is 9.30. The first-order chi connectivity index (χ1) is 27.3. The van der Waals surface area contributed by atoms with Crippen LogP contribution < -0.4 is 20.8 Å². The van der Waals surface area contributed by atoms with Crippen LogP contribution in [0, 0.1) is 0 Å². The number of fused-ring (bicyclic) bond motifs is 2. The van der Waals surface area contributed by atoms with Gasteiger partial charge < -0.3 is 29.7 Å². The van der Waals surface area contributed by atoms with E-state index in [4.69, 9.17) is 14.2 Å². The highest BCUT2D eigenvalue weighted by Crippen LogP contribution is 2.24. The molecule has 0 aliphatic heterocycles. The summed E-state index contributed by atoms with van der Waals surface area (Å²) in [5.74, 6) is -0.0882. The zero-order valence-corrected chi connectivity index (χ0v) is 34.1. The van der Waals surface area contributed by atoms with Gasteiger partial charge >= 0.3 is 6.03 Å². The van der Waals surface area contributed by atoms with Crippen molar-refractivity contribution in [3.63, 3.8) is 0 Å². The normalized spacial score (nSPS) is 12.7. The van der Waals surface area contributed by atoms with Gasteiger partial charge in [0.25, 0.3) is 0 Å². The molecule has 0 aliphatic rings. The smallest absolute Gasteiger partial charge is 0.329 e. The van der Waals surface area contributed by atoms with Crippen LogP contribution in [0.15, 0.2) is 103 Å². The zero-order valence-electron chi connectivity index (χ0n) is 34.1. The number of nitrogens with one attached hydrogen (secondary N) is 3. The summed E-state index contributed by atoms with van der Waals surface area (Å²) in [5, 5.41) is 10.3. The molecule has 4 aromatic carbocycles. The van der Waals surface area contributed by atoms with Crippen molar-refractivity contribution in [3.05, 3.63) is 120 Å². The molecule has 12 heteroatoms. The molecule has 12 nitrogen and oxygen atoms in total. The molecule has 4 amide bonds. The van der Waals surface area contributed by atoms with Gasteiger partial charge in [-0.25, -0.2) is 9.80 Å². The largest absolute Gasteiger partial charge is 0.488 e. The van der Waals surface area contributed by atoms with Crippen LogP contribution in [0.4, 0.5) is 4.79 Å². The fourth-order valence-corrected chi connectivity index (χ4v) is 6.72. The summed E-state index contributed by atoms with van der Waals surface area (Å²) in [6, 6.07) is 29.2. The molecule has 57 heavy (non-hydrogen) atoms. The Morgan fingerprint density at radius 1 is 0.807 bits per heavy atom. The van der Waals surface area contributed by atoms with Crippen molar-refractivity contribution in [2.45, 2.75) is 85.0 Å². The number of carbonyl (C=O) groups is 3. The average Bonchev–Trinajstić information content (AvgIpc) is 3.18. The number of hydrogen-bond donors (Lipinski definition) is 3. The molecule has 2 atom stereocenters. The van der Waals surface area contributed by atoms with Gasteiger partial charge in [0.2, 0.25) is 11.8 Å². The minimum Gasteiger partial charge on any atom is -0.488 e. The molecule has 0 spiro atoms. The molecule has 0 saturated heterocycles. The molecule has 3 N–H and O–H groups in total. The average molecular weight is 777 g/mol. The number of carbonyl (C=O) groups excluding carboxylic acids is 3. The molecule has 0 radical (unpaired) electrons. The van der Waals surface area contributed by atoms with E-state index in [0.29, 0.717) is 25.5 Å². The lowest BCUT2D eigenvalue weighted by Crippen LogP contribution is -2.56. The molecular formula is C45H56N6O6. The Morgan fingerprint density at radius 2 is 1.46 bits per heavy atom. The number of aromatic nitrogens is 1. The molecule has 1 aromatic heterocycles. The van der Waals surface area contributed by atoms with Crippen LogP contribution in [0.1, 0.15) is 58.2 Å². The van der Waals surface area contributed by atoms with E-state index in [1.165, 1.54) is 5.01 Å². The monoisotopic (exact) mass is 776 g/mol. The molecule has 0 saturated carbocycles. The predicted octanol–water partition coefficient (Wildman–Crippen LogP) is 6.76. The quantitative estimate of drug-likeness (QED) is 0.0658. The third-order valence-corrected chi connectivity index (χ3v) is 9.30. The minimum absolute atomic E-state index is 0.188. The van der Waals surface area contributed by atoms with Gasteiger partial charge in [-0.15, -0.1) is 0 Å². The molecule has 0 fully saturated rings. The van der Waals surface area contributed by atoms with E-state index in [1.54, 1.807) is 18.1 Å². The van der Waals surface area contributed by atoms with Crippen molar-refractivity contribution >= 4 is 39.5 Å². The summed E-state index contributed by atoms with van der Waals surface area (Å²) in [7, 11) is 1.60. The second-order valence-electron chi connectivity index (χ2n) is 14.9. The number of rotatable bonds is 18. The van der Waals surface area contributed by atoms with Crippen molar-refractivity contribution < 1.29 is 28.6 Å². The molecule has 302 valence electrons. The maximum absolute atomic E-state index is 15.0. The first-order valence-corrected chi connectivity index (χ1v) is 19.5. The summed E-state index contributed by atoms with van der Waals surface area (Å²) >= 11 is 0. The van der Waals surface area contributed by atoms with Gasteiger partial charge in [-0.2, -0.15) is 0 Å². The van der Waals surface area contributed by atoms with Crippen LogP contribution in [-0.2, 0) is 38.6 Å². The lowest BCUT2D eigenvalue weighted by Gasteiger charge is -2.37.